The van der Waals surface area contributed by atoms with Crippen LogP contribution < -0.4 is 10.6 Å². The molecule has 0 radical (unpaired) electrons. The lowest BCUT2D eigenvalue weighted by Crippen LogP contribution is -2.56. The number of halogens is 1. The van der Waals surface area contributed by atoms with Crippen LogP contribution in [0.3, 0.4) is 0 Å². The number of carbonyl (C=O) groups excluding carboxylic acids is 3. The van der Waals surface area contributed by atoms with Crippen LogP contribution in [-0.4, -0.2) is 35.9 Å². The number of nitrogens with one attached hydrogen (secondary N) is 2. The molecule has 4 saturated carbocycles. The molecule has 3 amide bonds. The van der Waals surface area contributed by atoms with E-state index in [1.54, 1.807) is 6.92 Å². The number of urea groups is 1. The number of amides is 3. The van der Waals surface area contributed by atoms with Gasteiger partial charge in [-0.15, -0.1) is 11.6 Å². The first-order valence-electron chi connectivity index (χ1n) is 8.28. The molecule has 4 bridgehead atoms. The van der Waals surface area contributed by atoms with E-state index < -0.39 is 24.0 Å². The lowest BCUT2D eigenvalue weighted by molar-refractivity contribution is -0.171. The highest BCUT2D eigenvalue weighted by Crippen LogP contribution is 2.64. The molecule has 7 heteroatoms. The summed E-state index contributed by atoms with van der Waals surface area (Å²) in [6, 6.07) is -0.580. The fourth-order valence-corrected chi connectivity index (χ4v) is 5.73. The van der Waals surface area contributed by atoms with E-state index in [1.807, 2.05) is 0 Å². The average molecular weight is 343 g/mol. The van der Waals surface area contributed by atoms with Gasteiger partial charge in [0, 0.05) is 11.4 Å². The minimum atomic E-state index is -0.616. The lowest BCUT2D eigenvalue weighted by Gasteiger charge is -2.58. The Morgan fingerprint density at radius 3 is 2.39 bits per heavy atom. The first-order valence-corrected chi connectivity index (χ1v) is 8.66. The van der Waals surface area contributed by atoms with Crippen molar-refractivity contribution in [2.24, 2.45) is 17.3 Å². The molecule has 0 spiro atoms. The van der Waals surface area contributed by atoms with Crippen LogP contribution in [0.15, 0.2) is 0 Å². The molecule has 0 aromatic rings. The highest BCUT2D eigenvalue weighted by atomic mass is 35.5. The molecule has 0 aromatic carbocycles. The standard InChI is InChI=1S/C16H23ClN2O4/c1-2-18-14(22)19-12(20)8-23-13(21)15-4-10-3-11(5-15)7-16(17,6-10)9-15/h10-11H,2-9H2,1H3,(H2,18,19,20,22)/t10-,11+,15?,16?. The van der Waals surface area contributed by atoms with Gasteiger partial charge >= 0.3 is 12.0 Å². The van der Waals surface area contributed by atoms with Crippen molar-refractivity contribution in [1.29, 1.82) is 0 Å². The summed E-state index contributed by atoms with van der Waals surface area (Å²) in [5, 5.41) is 4.57. The topological polar surface area (TPSA) is 84.5 Å². The van der Waals surface area contributed by atoms with Crippen molar-refractivity contribution in [1.82, 2.24) is 10.6 Å². The Hall–Kier alpha value is -1.30. The van der Waals surface area contributed by atoms with Gasteiger partial charge in [-0.2, -0.15) is 0 Å². The van der Waals surface area contributed by atoms with Crippen molar-refractivity contribution in [3.05, 3.63) is 0 Å². The number of esters is 1. The van der Waals surface area contributed by atoms with E-state index in [-0.39, 0.29) is 10.8 Å². The predicted molar refractivity (Wildman–Crippen MR) is 83.9 cm³/mol. The number of ether oxygens (including phenoxy) is 1. The Balaban J connectivity index is 1.56. The SMILES string of the molecule is CCNC(=O)NC(=O)COC(=O)C12C[C@@H]3C[C@@H](CC(Cl)(C3)C1)C2. The van der Waals surface area contributed by atoms with Gasteiger partial charge in [0.15, 0.2) is 6.61 Å². The molecule has 4 fully saturated rings. The van der Waals surface area contributed by atoms with Gasteiger partial charge in [-0.1, -0.05) is 0 Å². The van der Waals surface area contributed by atoms with Gasteiger partial charge in [-0.3, -0.25) is 14.9 Å². The first-order chi connectivity index (χ1) is 10.8. The summed E-state index contributed by atoms with van der Waals surface area (Å²) in [4.78, 5) is 35.2. The number of alkyl halides is 1. The van der Waals surface area contributed by atoms with Gasteiger partial charge < -0.3 is 10.1 Å². The van der Waals surface area contributed by atoms with Gasteiger partial charge in [-0.05, 0) is 57.3 Å². The fraction of sp³-hybridized carbons (Fsp3) is 0.812. The maximum absolute atomic E-state index is 12.6. The van der Waals surface area contributed by atoms with E-state index in [0.29, 0.717) is 24.8 Å². The minimum absolute atomic E-state index is 0.271. The molecule has 6 nitrogen and oxygen atoms in total. The van der Waals surface area contributed by atoms with Crippen molar-refractivity contribution in [3.8, 4) is 0 Å². The van der Waals surface area contributed by atoms with Gasteiger partial charge in [-0.25, -0.2) is 4.79 Å². The van der Waals surface area contributed by atoms with E-state index in [9.17, 15) is 14.4 Å². The van der Waals surface area contributed by atoms with Crippen LogP contribution >= 0.6 is 11.6 Å². The van der Waals surface area contributed by atoms with Crippen LogP contribution in [0.4, 0.5) is 4.79 Å². The second-order valence-corrected chi connectivity index (χ2v) is 8.18. The summed E-state index contributed by atoms with van der Waals surface area (Å²) < 4.78 is 5.22. The first kappa shape index (κ1) is 16.6. The molecule has 0 aliphatic heterocycles. The predicted octanol–water partition coefficient (Wildman–Crippen LogP) is 1.95. The summed E-state index contributed by atoms with van der Waals surface area (Å²) in [6.45, 7) is 1.74. The summed E-state index contributed by atoms with van der Waals surface area (Å²) in [5.41, 5.74) is -0.530. The van der Waals surface area contributed by atoms with Gasteiger partial charge in [0.2, 0.25) is 0 Å². The van der Waals surface area contributed by atoms with E-state index >= 15 is 0 Å². The molecular weight excluding hydrogens is 320 g/mol. The summed E-state index contributed by atoms with van der Waals surface area (Å²) >= 11 is 6.69. The molecule has 4 rings (SSSR count). The van der Waals surface area contributed by atoms with Crippen LogP contribution in [0.5, 0.6) is 0 Å². The largest absolute Gasteiger partial charge is 0.455 e. The Morgan fingerprint density at radius 1 is 1.17 bits per heavy atom. The monoisotopic (exact) mass is 342 g/mol. The number of hydrogen-bond donors (Lipinski definition) is 2. The van der Waals surface area contributed by atoms with Crippen molar-refractivity contribution in [2.75, 3.05) is 13.2 Å². The van der Waals surface area contributed by atoms with Gasteiger partial charge in [0.05, 0.1) is 5.41 Å². The Bertz CT molecular complexity index is 522. The molecule has 2 N–H and O–H groups in total. The van der Waals surface area contributed by atoms with Crippen LogP contribution in [0.2, 0.25) is 0 Å². The zero-order valence-corrected chi connectivity index (χ0v) is 14.1. The van der Waals surface area contributed by atoms with Crippen LogP contribution in [0.25, 0.3) is 0 Å². The lowest BCUT2D eigenvalue weighted by atomic mass is 9.49. The molecule has 128 valence electrons. The molecule has 0 saturated heterocycles. The second-order valence-electron chi connectivity index (χ2n) is 7.38. The maximum Gasteiger partial charge on any atom is 0.321 e. The van der Waals surface area contributed by atoms with E-state index in [4.69, 9.17) is 16.3 Å². The number of carbonyl (C=O) groups is 3. The molecule has 2 unspecified atom stereocenters. The van der Waals surface area contributed by atoms with E-state index in [1.165, 1.54) is 0 Å². The van der Waals surface area contributed by atoms with Gasteiger partial charge in [0.25, 0.3) is 5.91 Å². The molecular formula is C16H23ClN2O4. The average Bonchev–Trinajstić information content (AvgIpc) is 2.42. The van der Waals surface area contributed by atoms with E-state index in [0.717, 1.165) is 32.1 Å². The molecule has 0 aromatic heterocycles. The quantitative estimate of drug-likeness (QED) is 0.604. The number of hydrogen-bond acceptors (Lipinski definition) is 4. The molecule has 0 heterocycles. The maximum atomic E-state index is 12.6. The van der Waals surface area contributed by atoms with Crippen molar-refractivity contribution < 1.29 is 19.1 Å². The Kier molecular flexibility index (Phi) is 4.29. The Morgan fingerprint density at radius 2 is 1.83 bits per heavy atom. The third-order valence-corrected chi connectivity index (χ3v) is 5.79. The summed E-state index contributed by atoms with van der Waals surface area (Å²) in [7, 11) is 0. The normalized spacial score (nSPS) is 37.3. The molecule has 4 aliphatic rings. The number of rotatable bonds is 4. The highest BCUT2D eigenvalue weighted by molar-refractivity contribution is 6.24. The summed E-state index contributed by atoms with van der Waals surface area (Å²) in [5.74, 6) is 0.0354. The van der Waals surface area contributed by atoms with Gasteiger partial charge in [0.1, 0.15) is 0 Å². The zero-order chi connectivity index (χ0) is 16.7. The van der Waals surface area contributed by atoms with Crippen LogP contribution in [-0.2, 0) is 14.3 Å². The zero-order valence-electron chi connectivity index (χ0n) is 13.3. The third kappa shape index (κ3) is 3.32. The second kappa shape index (κ2) is 5.96. The van der Waals surface area contributed by atoms with Crippen LogP contribution in [0.1, 0.15) is 45.4 Å². The molecule has 23 heavy (non-hydrogen) atoms. The van der Waals surface area contributed by atoms with Crippen molar-refractivity contribution >= 4 is 29.5 Å². The summed E-state index contributed by atoms with van der Waals surface area (Å²) in [6.07, 6.45) is 5.39. The Labute approximate surface area is 140 Å². The number of imide groups is 1. The third-order valence-electron chi connectivity index (χ3n) is 5.35. The van der Waals surface area contributed by atoms with Crippen LogP contribution in [0, 0.1) is 17.3 Å². The fourth-order valence-electron chi connectivity index (χ4n) is 5.04. The van der Waals surface area contributed by atoms with E-state index in [2.05, 4.69) is 10.6 Å². The highest BCUT2D eigenvalue weighted by Gasteiger charge is 2.60. The molecule has 4 aliphatic carbocycles. The smallest absolute Gasteiger partial charge is 0.321 e. The van der Waals surface area contributed by atoms with Crippen molar-refractivity contribution in [2.45, 2.75) is 50.3 Å². The molecule has 4 atom stereocenters. The van der Waals surface area contributed by atoms with Crippen molar-refractivity contribution in [3.63, 3.8) is 0 Å². The minimum Gasteiger partial charge on any atom is -0.455 e.